The summed E-state index contributed by atoms with van der Waals surface area (Å²) >= 11 is 0. The van der Waals surface area contributed by atoms with Gasteiger partial charge in [0.2, 0.25) is 5.91 Å². The summed E-state index contributed by atoms with van der Waals surface area (Å²) in [5.74, 6) is -1.11. The van der Waals surface area contributed by atoms with Crippen molar-refractivity contribution >= 4 is 11.8 Å². The average molecular weight is 541 g/mol. The van der Waals surface area contributed by atoms with Crippen molar-refractivity contribution in [1.82, 2.24) is 10.2 Å². The first-order chi connectivity index (χ1) is 19.4. The summed E-state index contributed by atoms with van der Waals surface area (Å²) in [7, 11) is 0. The van der Waals surface area contributed by atoms with Crippen molar-refractivity contribution in [3.63, 3.8) is 0 Å². The van der Waals surface area contributed by atoms with Crippen molar-refractivity contribution in [2.45, 2.75) is 24.3 Å². The molecule has 7 heteroatoms. The molecule has 0 aromatic heterocycles. The van der Waals surface area contributed by atoms with Crippen molar-refractivity contribution in [3.05, 3.63) is 131 Å². The van der Waals surface area contributed by atoms with Crippen molar-refractivity contribution in [3.8, 4) is 11.1 Å². The highest BCUT2D eigenvalue weighted by Crippen LogP contribution is 2.37. The second kappa shape index (κ2) is 11.8. The van der Waals surface area contributed by atoms with Gasteiger partial charge in [0.1, 0.15) is 11.6 Å². The molecular formula is C33H30F2N2O3. The molecule has 1 aliphatic rings. The number of carbonyl (C=O) groups is 2. The van der Waals surface area contributed by atoms with Crippen LogP contribution in [0.3, 0.4) is 0 Å². The van der Waals surface area contributed by atoms with E-state index in [1.54, 1.807) is 41.3 Å². The van der Waals surface area contributed by atoms with E-state index in [1.165, 1.54) is 24.3 Å². The molecule has 1 saturated heterocycles. The number of likely N-dealkylation sites (tertiary alicyclic amines) is 1. The maximum Gasteiger partial charge on any atom is 0.253 e. The predicted octanol–water partition coefficient (Wildman–Crippen LogP) is 5.66. The number of hydrogen-bond donors (Lipinski definition) is 2. The van der Waals surface area contributed by atoms with Gasteiger partial charge in [0, 0.05) is 18.7 Å². The second-order valence-electron chi connectivity index (χ2n) is 10.1. The van der Waals surface area contributed by atoms with Crippen LogP contribution < -0.4 is 5.32 Å². The molecule has 0 unspecified atom stereocenters. The van der Waals surface area contributed by atoms with Gasteiger partial charge in [-0.3, -0.25) is 9.59 Å². The Bertz CT molecular complexity index is 1450. The monoisotopic (exact) mass is 540 g/mol. The molecule has 1 aliphatic heterocycles. The average Bonchev–Trinajstić information content (AvgIpc) is 3.00. The van der Waals surface area contributed by atoms with E-state index in [0.29, 0.717) is 37.1 Å². The number of aliphatic hydroxyl groups is 1. The third-order valence-corrected chi connectivity index (χ3v) is 7.73. The van der Waals surface area contributed by atoms with Gasteiger partial charge in [-0.05, 0) is 71.5 Å². The van der Waals surface area contributed by atoms with E-state index in [0.717, 1.165) is 16.7 Å². The maximum absolute atomic E-state index is 13.8. The zero-order valence-electron chi connectivity index (χ0n) is 21.9. The number of rotatable bonds is 7. The quantitative estimate of drug-likeness (QED) is 0.318. The van der Waals surface area contributed by atoms with E-state index < -0.39 is 17.3 Å². The summed E-state index contributed by atoms with van der Waals surface area (Å²) in [4.78, 5) is 28.9. The second-order valence-corrected chi connectivity index (χ2v) is 10.1. The Hall–Kier alpha value is -4.36. The first-order valence-electron chi connectivity index (χ1n) is 13.3. The third-order valence-electron chi connectivity index (χ3n) is 7.73. The topological polar surface area (TPSA) is 69.6 Å². The van der Waals surface area contributed by atoms with E-state index in [1.807, 2.05) is 42.5 Å². The number of nitrogens with zero attached hydrogens (tertiary/aromatic N) is 1. The largest absolute Gasteiger partial charge is 0.394 e. The summed E-state index contributed by atoms with van der Waals surface area (Å²) in [5.41, 5.74) is 2.72. The highest BCUT2D eigenvalue weighted by atomic mass is 19.1. The van der Waals surface area contributed by atoms with Crippen LogP contribution in [0.4, 0.5) is 8.78 Å². The Morgan fingerprint density at radius 1 is 0.775 bits per heavy atom. The van der Waals surface area contributed by atoms with Gasteiger partial charge in [-0.25, -0.2) is 8.78 Å². The maximum atomic E-state index is 13.8. The Kier molecular flexibility index (Phi) is 8.03. The smallest absolute Gasteiger partial charge is 0.253 e. The Morgan fingerprint density at radius 3 is 1.85 bits per heavy atom. The summed E-state index contributed by atoms with van der Waals surface area (Å²) in [6.45, 7) is 0.394. The van der Waals surface area contributed by atoms with Crippen molar-refractivity contribution < 1.29 is 23.5 Å². The molecular weight excluding hydrogens is 510 g/mol. The molecule has 0 bridgehead atoms. The number of nitrogens with one attached hydrogen (secondary N) is 1. The van der Waals surface area contributed by atoms with Crippen LogP contribution in [0.5, 0.6) is 0 Å². The number of benzene rings is 4. The van der Waals surface area contributed by atoms with Crippen LogP contribution in [0.25, 0.3) is 11.1 Å². The zero-order chi connectivity index (χ0) is 28.1. The van der Waals surface area contributed by atoms with Crippen LogP contribution >= 0.6 is 0 Å². The summed E-state index contributed by atoms with van der Waals surface area (Å²) in [6.07, 6.45) is 0.688. The minimum absolute atomic E-state index is 0.142. The highest BCUT2D eigenvalue weighted by molar-refractivity contribution is 5.95. The van der Waals surface area contributed by atoms with Gasteiger partial charge in [-0.1, -0.05) is 66.7 Å². The number of carbonyl (C=O) groups excluding carboxylic acids is 2. The first-order valence-corrected chi connectivity index (χ1v) is 13.3. The molecule has 1 atom stereocenters. The molecule has 204 valence electrons. The van der Waals surface area contributed by atoms with Crippen LogP contribution in [0.2, 0.25) is 0 Å². The fourth-order valence-electron chi connectivity index (χ4n) is 5.35. The van der Waals surface area contributed by atoms with E-state index in [2.05, 4.69) is 5.32 Å². The fourth-order valence-corrected chi connectivity index (χ4v) is 5.35. The van der Waals surface area contributed by atoms with Gasteiger partial charge < -0.3 is 15.3 Å². The van der Waals surface area contributed by atoms with E-state index in [9.17, 15) is 23.5 Å². The standard InChI is InChI=1S/C33H30F2N2O3/c34-28-14-10-24(11-15-28)23-6-8-26(9-7-23)31(39)37-20-18-33(19-21-37,27-12-16-29(35)17-13-27)32(40)36-30(22-38)25-4-2-1-3-5-25/h1-17,30,38H,18-22H2,(H,36,40)/t30-/m0/s1. The van der Waals surface area contributed by atoms with Crippen LogP contribution in [-0.2, 0) is 10.2 Å². The number of aliphatic hydroxyl groups excluding tert-OH is 1. The summed E-state index contributed by atoms with van der Waals surface area (Å²) < 4.78 is 27.0. The number of hydrogen-bond acceptors (Lipinski definition) is 3. The molecule has 1 fully saturated rings. The molecule has 4 aromatic rings. The molecule has 5 nitrogen and oxygen atoms in total. The highest BCUT2D eigenvalue weighted by Gasteiger charge is 2.44. The normalized spacial score (nSPS) is 15.3. The molecule has 4 aromatic carbocycles. The van der Waals surface area contributed by atoms with Crippen LogP contribution in [0.15, 0.2) is 103 Å². The van der Waals surface area contributed by atoms with Crippen molar-refractivity contribution in [2.75, 3.05) is 19.7 Å². The number of amides is 2. The number of halogens is 2. The van der Waals surface area contributed by atoms with E-state index in [4.69, 9.17) is 0 Å². The molecule has 1 heterocycles. The van der Waals surface area contributed by atoms with Crippen LogP contribution in [-0.4, -0.2) is 41.5 Å². The van der Waals surface area contributed by atoms with Crippen LogP contribution in [0, 0.1) is 11.6 Å². The Labute approximate surface area is 232 Å². The van der Waals surface area contributed by atoms with Gasteiger partial charge in [-0.15, -0.1) is 0 Å². The molecule has 5 rings (SSSR count). The molecule has 2 amide bonds. The zero-order valence-corrected chi connectivity index (χ0v) is 21.9. The van der Waals surface area contributed by atoms with Gasteiger partial charge in [0.05, 0.1) is 18.1 Å². The SMILES string of the molecule is O=C(c1ccc(-c2ccc(F)cc2)cc1)N1CCC(C(=O)N[C@@H](CO)c2ccccc2)(c2ccc(F)cc2)CC1. The predicted molar refractivity (Wildman–Crippen MR) is 149 cm³/mol. The summed E-state index contributed by atoms with van der Waals surface area (Å²) in [6, 6.07) is 27.9. The van der Waals surface area contributed by atoms with Gasteiger partial charge in [-0.2, -0.15) is 0 Å². The molecule has 0 aliphatic carbocycles. The molecule has 0 saturated carbocycles. The van der Waals surface area contributed by atoms with Crippen LogP contribution in [0.1, 0.15) is 40.4 Å². The minimum Gasteiger partial charge on any atom is -0.394 e. The third kappa shape index (κ3) is 5.65. The molecule has 2 N–H and O–H groups in total. The molecule has 0 radical (unpaired) electrons. The van der Waals surface area contributed by atoms with E-state index in [-0.39, 0.29) is 24.2 Å². The first kappa shape index (κ1) is 27.2. The molecule has 0 spiro atoms. The van der Waals surface area contributed by atoms with Gasteiger partial charge in [0.15, 0.2) is 0 Å². The Morgan fingerprint density at radius 2 is 1.30 bits per heavy atom. The lowest BCUT2D eigenvalue weighted by Crippen LogP contribution is -2.53. The lowest BCUT2D eigenvalue weighted by atomic mass is 9.71. The Balaban J connectivity index is 1.34. The fraction of sp³-hybridized carbons (Fsp3) is 0.212. The van der Waals surface area contributed by atoms with Crippen molar-refractivity contribution in [2.24, 2.45) is 0 Å². The van der Waals surface area contributed by atoms with E-state index >= 15 is 0 Å². The molecule has 40 heavy (non-hydrogen) atoms. The van der Waals surface area contributed by atoms with Gasteiger partial charge >= 0.3 is 0 Å². The van der Waals surface area contributed by atoms with Gasteiger partial charge in [0.25, 0.3) is 5.91 Å². The number of piperidine rings is 1. The summed E-state index contributed by atoms with van der Waals surface area (Å²) in [5, 5.41) is 13.0. The lowest BCUT2D eigenvalue weighted by molar-refractivity contribution is -0.129. The minimum atomic E-state index is -0.987. The van der Waals surface area contributed by atoms with Crippen molar-refractivity contribution in [1.29, 1.82) is 0 Å². The lowest BCUT2D eigenvalue weighted by Gasteiger charge is -2.41.